The van der Waals surface area contributed by atoms with Crippen molar-refractivity contribution in [2.45, 2.75) is 127 Å². The third-order valence-electron chi connectivity index (χ3n) is 10.2. The van der Waals surface area contributed by atoms with E-state index >= 15 is 0 Å². The Morgan fingerprint density at radius 3 is 1.79 bits per heavy atom. The molecule has 0 aromatic rings. The van der Waals surface area contributed by atoms with Crippen molar-refractivity contribution in [1.82, 2.24) is 47.9 Å². The maximum atomic E-state index is 13.7. The molecule has 1 aliphatic carbocycles. The largest absolute Gasteiger partial charge is 0.479 e. The van der Waals surface area contributed by atoms with Crippen LogP contribution >= 0.6 is 0 Å². The fourth-order valence-electron chi connectivity index (χ4n) is 6.33. The SMILES string of the molecule is CC(NCC1CCCCC1)C(=O)NC[C@@H]1NC(=O)C(C(=O)O)NC(=O)[C@@H](O)CNC(=O)[C@H]([C@@H](C)O)NC(=O)C(C(O)C(O)C(N)=O)NC(=O)[C@H](C(C)C)NC(=O)[C@H](CO)NC1=O. The van der Waals surface area contributed by atoms with E-state index in [4.69, 9.17) is 5.73 Å². The minimum Gasteiger partial charge on any atom is -0.479 e. The van der Waals surface area contributed by atoms with Crippen molar-refractivity contribution in [2.75, 3.05) is 26.2 Å². The highest BCUT2D eigenvalue weighted by Gasteiger charge is 2.41. The normalized spacial score (nSPS) is 27.8. The van der Waals surface area contributed by atoms with Crippen LogP contribution < -0.4 is 53.6 Å². The summed E-state index contributed by atoms with van der Waals surface area (Å²) in [4.78, 5) is 130. The number of β-amino-alcohol motifs (C(OH)–C–C–N with tert-alkyl or cyclic N) is 1. The van der Waals surface area contributed by atoms with Crippen LogP contribution in [0.4, 0.5) is 0 Å². The highest BCUT2D eigenvalue weighted by Crippen LogP contribution is 2.22. The van der Waals surface area contributed by atoms with Crippen molar-refractivity contribution < 1.29 is 78.6 Å². The molecule has 5 unspecified atom stereocenters. The minimum absolute atomic E-state index is 0.331. The van der Waals surface area contributed by atoms with Gasteiger partial charge in [-0.1, -0.05) is 33.1 Å². The van der Waals surface area contributed by atoms with Gasteiger partial charge in [0.15, 0.2) is 6.10 Å². The Kier molecular flexibility index (Phi) is 21.0. The molecule has 2 aliphatic rings. The van der Waals surface area contributed by atoms with Gasteiger partial charge in [-0.3, -0.25) is 43.2 Å². The lowest BCUT2D eigenvalue weighted by Crippen LogP contribution is -2.66. The number of carbonyl (C=O) groups excluding carboxylic acids is 9. The molecule has 2 fully saturated rings. The fourth-order valence-corrected chi connectivity index (χ4v) is 6.33. The third kappa shape index (κ3) is 15.7. The monoisotopic (exact) mass is 888 g/mol. The lowest BCUT2D eigenvalue weighted by atomic mass is 9.89. The molecule has 1 aliphatic heterocycles. The molecular formula is C36H60N10O16. The Balaban J connectivity index is 2.56. The number of amides is 9. The summed E-state index contributed by atoms with van der Waals surface area (Å²) < 4.78 is 0. The van der Waals surface area contributed by atoms with Crippen LogP contribution in [-0.2, 0) is 47.9 Å². The molecule has 0 aromatic heterocycles. The summed E-state index contributed by atoms with van der Waals surface area (Å²) in [5, 5.41) is 81.4. The zero-order valence-electron chi connectivity index (χ0n) is 34.7. The van der Waals surface area contributed by atoms with Gasteiger partial charge in [0.2, 0.25) is 47.4 Å². The molecule has 0 bridgehead atoms. The Labute approximate surface area is 355 Å². The second-order valence-electron chi connectivity index (χ2n) is 15.5. The number of aliphatic hydroxyl groups excluding tert-OH is 5. The molecule has 0 aromatic carbocycles. The van der Waals surface area contributed by atoms with Crippen molar-refractivity contribution in [2.24, 2.45) is 17.6 Å². The van der Waals surface area contributed by atoms with Gasteiger partial charge in [0.05, 0.1) is 25.3 Å². The maximum Gasteiger partial charge on any atom is 0.336 e. The van der Waals surface area contributed by atoms with E-state index in [9.17, 15) is 78.6 Å². The molecule has 9 amide bonds. The quantitative estimate of drug-likeness (QED) is 0.0764. The van der Waals surface area contributed by atoms with E-state index in [0.29, 0.717) is 12.5 Å². The molecule has 17 N–H and O–H groups in total. The topological polar surface area (TPSA) is 426 Å². The van der Waals surface area contributed by atoms with Gasteiger partial charge in [-0.2, -0.15) is 0 Å². The summed E-state index contributed by atoms with van der Waals surface area (Å²) in [6.07, 6.45) is -4.01. The van der Waals surface area contributed by atoms with Crippen molar-refractivity contribution in [1.29, 1.82) is 0 Å². The first-order valence-corrected chi connectivity index (χ1v) is 20.0. The summed E-state index contributed by atoms with van der Waals surface area (Å²) in [6, 6.07) is -13.2. The zero-order valence-corrected chi connectivity index (χ0v) is 34.7. The Bertz CT molecular complexity index is 1640. The molecule has 62 heavy (non-hydrogen) atoms. The van der Waals surface area contributed by atoms with Crippen LogP contribution in [0.25, 0.3) is 0 Å². The molecule has 350 valence electrons. The lowest BCUT2D eigenvalue weighted by molar-refractivity contribution is -0.148. The predicted octanol–water partition coefficient (Wildman–Crippen LogP) is -8.62. The average molecular weight is 889 g/mol. The van der Waals surface area contributed by atoms with E-state index in [2.05, 4.69) is 21.3 Å². The number of hydrogen-bond donors (Lipinski definition) is 16. The number of aliphatic hydroxyl groups is 5. The summed E-state index contributed by atoms with van der Waals surface area (Å²) >= 11 is 0. The number of carbonyl (C=O) groups is 10. The smallest absolute Gasteiger partial charge is 0.336 e. The number of aliphatic carboxylic acids is 1. The van der Waals surface area contributed by atoms with Crippen LogP contribution in [0, 0.1) is 11.8 Å². The van der Waals surface area contributed by atoms with Crippen molar-refractivity contribution in [3.05, 3.63) is 0 Å². The Morgan fingerprint density at radius 2 is 1.24 bits per heavy atom. The molecule has 26 nitrogen and oxygen atoms in total. The third-order valence-corrected chi connectivity index (χ3v) is 10.2. The summed E-state index contributed by atoms with van der Waals surface area (Å²) in [5.74, 6) is -14.6. The molecule has 2 rings (SSSR count). The van der Waals surface area contributed by atoms with Crippen LogP contribution in [-0.4, -0.2) is 183 Å². The van der Waals surface area contributed by atoms with Gasteiger partial charge in [0, 0.05) is 6.54 Å². The first kappa shape index (κ1) is 52.6. The number of hydrogen-bond acceptors (Lipinski definition) is 16. The first-order chi connectivity index (χ1) is 29.0. The van der Waals surface area contributed by atoms with Crippen molar-refractivity contribution in [3.8, 4) is 0 Å². The molecule has 1 saturated heterocycles. The fraction of sp³-hybridized carbons (Fsp3) is 0.722. The Morgan fingerprint density at radius 1 is 0.694 bits per heavy atom. The second-order valence-corrected chi connectivity index (χ2v) is 15.5. The van der Waals surface area contributed by atoms with E-state index in [1.54, 1.807) is 5.32 Å². The second kappa shape index (κ2) is 24.8. The maximum absolute atomic E-state index is 13.7. The number of nitrogens with two attached hydrogens (primary N) is 1. The van der Waals surface area contributed by atoms with Gasteiger partial charge in [-0.05, 0) is 45.1 Å². The summed E-state index contributed by atoms with van der Waals surface area (Å²) in [5.41, 5.74) is 5.07. The van der Waals surface area contributed by atoms with Crippen molar-refractivity contribution in [3.63, 3.8) is 0 Å². The Hall–Kier alpha value is -5.54. The van der Waals surface area contributed by atoms with Crippen LogP contribution in [0.3, 0.4) is 0 Å². The zero-order chi connectivity index (χ0) is 47.0. The highest BCUT2D eigenvalue weighted by atomic mass is 16.4. The van der Waals surface area contributed by atoms with Gasteiger partial charge in [0.1, 0.15) is 42.4 Å². The molecule has 0 radical (unpaired) electrons. The summed E-state index contributed by atoms with van der Waals surface area (Å²) in [7, 11) is 0. The van der Waals surface area contributed by atoms with E-state index in [1.165, 1.54) is 20.8 Å². The van der Waals surface area contributed by atoms with Crippen LogP contribution in [0.5, 0.6) is 0 Å². The van der Waals surface area contributed by atoms with Crippen LogP contribution in [0.1, 0.15) is 59.8 Å². The molecular weight excluding hydrogens is 828 g/mol. The number of nitrogens with one attached hydrogen (secondary N) is 9. The predicted molar refractivity (Wildman–Crippen MR) is 210 cm³/mol. The molecule has 26 heteroatoms. The first-order valence-electron chi connectivity index (χ1n) is 20.0. The van der Waals surface area contributed by atoms with Gasteiger partial charge in [0.25, 0.3) is 11.8 Å². The van der Waals surface area contributed by atoms with Gasteiger partial charge >= 0.3 is 5.97 Å². The number of carboxylic acids is 1. The van der Waals surface area contributed by atoms with Crippen LogP contribution in [0.2, 0.25) is 0 Å². The van der Waals surface area contributed by atoms with Gasteiger partial charge in [-0.15, -0.1) is 0 Å². The number of carboxylic acid groups (broad SMARTS) is 1. The molecule has 1 saturated carbocycles. The van der Waals surface area contributed by atoms with Crippen LogP contribution in [0.15, 0.2) is 0 Å². The minimum atomic E-state index is -2.53. The van der Waals surface area contributed by atoms with E-state index < -0.39 is 151 Å². The standard InChI is InChI=1S/C36H60N10O16/c1-14(2)21-33(58)45-23(25(50)26(51)27(37)52)34(59)44-22(16(4)48)32(57)40-12-20(49)31(56)46-24(36(61)62)35(60)41-18(29(54)42-19(13-47)30(55)43-21)11-39-28(53)15(3)38-10-17-8-6-5-7-9-17/h14-26,38,47-51H,5-13H2,1-4H3,(H2,37,52)(H,39,53)(H,40,57)(H,41,60)(H,42,54)(H,43,55)(H,44,59)(H,45,58)(H,46,56)(H,61,62)/t15?,16-,18+,19+,20+,21+,22+,23?,24?,25?,26?/m1/s1. The molecule has 11 atom stereocenters. The number of primary amides is 1. The van der Waals surface area contributed by atoms with E-state index in [-0.39, 0.29) is 0 Å². The average Bonchev–Trinajstić information content (AvgIpc) is 3.22. The summed E-state index contributed by atoms with van der Waals surface area (Å²) in [6.45, 7) is 2.87. The van der Waals surface area contributed by atoms with E-state index in [1.807, 2.05) is 21.3 Å². The molecule has 1 heterocycles. The molecule has 0 spiro atoms. The van der Waals surface area contributed by atoms with E-state index in [0.717, 1.165) is 39.0 Å². The highest BCUT2D eigenvalue weighted by molar-refractivity contribution is 6.06. The van der Waals surface area contributed by atoms with Gasteiger partial charge in [-0.25, -0.2) is 4.79 Å². The lowest BCUT2D eigenvalue weighted by Gasteiger charge is -2.31. The van der Waals surface area contributed by atoms with Crippen molar-refractivity contribution >= 4 is 59.1 Å². The van der Waals surface area contributed by atoms with Gasteiger partial charge < -0.3 is 84.2 Å². The number of rotatable bonds is 13.